The first kappa shape index (κ1) is 32.5. The Morgan fingerprint density at radius 1 is 0.849 bits per heavy atom. The van der Waals surface area contributed by atoms with Gasteiger partial charge < -0.3 is 19.3 Å². The molecule has 0 spiro atoms. The molecule has 5 aromatic rings. The van der Waals surface area contributed by atoms with Gasteiger partial charge in [0.25, 0.3) is 11.8 Å². The molecule has 2 aromatic heterocycles. The molecule has 1 saturated heterocycles. The molecule has 2 saturated carbocycles. The quantitative estimate of drug-likeness (QED) is 0.183. The van der Waals surface area contributed by atoms with E-state index in [0.29, 0.717) is 29.0 Å². The molecule has 1 unspecified atom stereocenters. The molecule has 53 heavy (non-hydrogen) atoms. The summed E-state index contributed by atoms with van der Waals surface area (Å²) in [5.74, 6) is 0.610. The first-order valence-corrected chi connectivity index (χ1v) is 17.5. The lowest BCUT2D eigenvalue weighted by molar-refractivity contribution is -0.136. The average molecular weight is 712 g/mol. The highest BCUT2D eigenvalue weighted by Crippen LogP contribution is 2.54. The van der Waals surface area contributed by atoms with E-state index in [9.17, 15) is 19.2 Å². The molecule has 2 aliphatic heterocycles. The van der Waals surface area contributed by atoms with Crippen molar-refractivity contribution >= 4 is 29.3 Å². The molecule has 4 amide bonds. The number of nitrogens with one attached hydrogen (secondary N) is 2. The summed E-state index contributed by atoms with van der Waals surface area (Å²) in [6, 6.07) is 24.1. The summed E-state index contributed by atoms with van der Waals surface area (Å²) in [4.78, 5) is 55.2. The fourth-order valence-electron chi connectivity index (χ4n) is 7.35. The number of benzene rings is 3. The lowest BCUT2D eigenvalue weighted by Crippen LogP contribution is -2.54. The highest BCUT2D eigenvalue weighted by Gasteiger charge is 2.46. The molecule has 9 rings (SSSR count). The van der Waals surface area contributed by atoms with Crippen LogP contribution in [0.1, 0.15) is 76.3 Å². The lowest BCUT2D eigenvalue weighted by Gasteiger charge is -2.36. The standard InChI is InChI=1S/C39H33N7O7/c1-21-40-35(45-53-21)31-12-15-34(44-43-31)52-27-9-4-23(5-10-27)39(16-17-39)22-2-7-26(8-3-22)51-28-18-25(19-28)41-24-6-11-29-30(20-24)38(50)46(37(29)49)32-13-14-33(47)42-36(32)48/h2-12,15,20,25,28,32,41H,13-14,16-19H2,1H3,(H,42,47,48). The third-order valence-electron chi connectivity index (χ3n) is 10.4. The summed E-state index contributed by atoms with van der Waals surface area (Å²) >= 11 is 0. The second kappa shape index (κ2) is 12.7. The van der Waals surface area contributed by atoms with Gasteiger partial charge in [0.05, 0.1) is 11.1 Å². The number of nitrogens with zero attached hydrogens (tertiary/aromatic N) is 5. The molecular weight excluding hydrogens is 678 g/mol. The Labute approximate surface area is 302 Å². The van der Waals surface area contributed by atoms with Crippen molar-refractivity contribution in [1.82, 2.24) is 30.6 Å². The number of rotatable bonds is 10. The van der Waals surface area contributed by atoms with Crippen molar-refractivity contribution in [1.29, 1.82) is 0 Å². The molecule has 0 bridgehead atoms. The molecule has 266 valence electrons. The van der Waals surface area contributed by atoms with E-state index in [1.165, 1.54) is 11.1 Å². The van der Waals surface area contributed by atoms with Crippen molar-refractivity contribution in [2.45, 2.75) is 69.1 Å². The van der Waals surface area contributed by atoms with Crippen LogP contribution in [-0.4, -0.2) is 67.1 Å². The molecule has 4 heterocycles. The van der Waals surface area contributed by atoms with Crippen LogP contribution < -0.4 is 20.1 Å². The van der Waals surface area contributed by atoms with Crippen LogP contribution in [0, 0.1) is 6.92 Å². The fourth-order valence-corrected chi connectivity index (χ4v) is 7.35. The number of ether oxygens (including phenoxy) is 2. The van der Waals surface area contributed by atoms with E-state index in [0.717, 1.165) is 42.0 Å². The van der Waals surface area contributed by atoms with Crippen LogP contribution in [0.25, 0.3) is 11.5 Å². The summed E-state index contributed by atoms with van der Waals surface area (Å²) in [6.07, 6.45) is 3.92. The topological polar surface area (TPSA) is 179 Å². The number of hydrogen-bond acceptors (Lipinski definition) is 12. The number of imide groups is 2. The third kappa shape index (κ3) is 6.05. The van der Waals surface area contributed by atoms with E-state index in [-0.39, 0.29) is 41.5 Å². The molecule has 3 fully saturated rings. The maximum absolute atomic E-state index is 13.2. The summed E-state index contributed by atoms with van der Waals surface area (Å²) in [7, 11) is 0. The number of anilines is 1. The largest absolute Gasteiger partial charge is 0.490 e. The Morgan fingerprint density at radius 2 is 1.57 bits per heavy atom. The van der Waals surface area contributed by atoms with Gasteiger partial charge in [-0.25, -0.2) is 0 Å². The Hall–Kier alpha value is -6.44. The maximum atomic E-state index is 13.2. The summed E-state index contributed by atoms with van der Waals surface area (Å²) in [6.45, 7) is 1.71. The Balaban J connectivity index is 0.773. The minimum Gasteiger partial charge on any atom is -0.490 e. The number of carbonyl (C=O) groups excluding carboxylic acids is 4. The number of aryl methyl sites for hydroxylation is 1. The van der Waals surface area contributed by atoms with Crippen molar-refractivity contribution < 1.29 is 33.2 Å². The number of aromatic nitrogens is 4. The van der Waals surface area contributed by atoms with Gasteiger partial charge >= 0.3 is 0 Å². The van der Waals surface area contributed by atoms with Gasteiger partial charge in [-0.2, -0.15) is 4.98 Å². The van der Waals surface area contributed by atoms with Gasteiger partial charge in [0.15, 0.2) is 0 Å². The van der Waals surface area contributed by atoms with E-state index < -0.39 is 29.7 Å². The smallest absolute Gasteiger partial charge is 0.262 e. The molecule has 2 aliphatic carbocycles. The van der Waals surface area contributed by atoms with E-state index in [4.69, 9.17) is 14.0 Å². The van der Waals surface area contributed by atoms with Gasteiger partial charge in [0.2, 0.25) is 29.4 Å². The first-order valence-electron chi connectivity index (χ1n) is 17.5. The van der Waals surface area contributed by atoms with Crippen molar-refractivity contribution in [3.05, 3.63) is 107 Å². The molecule has 1 atom stereocenters. The van der Waals surface area contributed by atoms with Crippen molar-refractivity contribution in [2.24, 2.45) is 0 Å². The van der Waals surface area contributed by atoms with Crippen LogP contribution in [-0.2, 0) is 15.0 Å². The number of piperidine rings is 1. The predicted octanol–water partition coefficient (Wildman–Crippen LogP) is 5.13. The normalized spacial score (nSPS) is 21.5. The van der Waals surface area contributed by atoms with Crippen LogP contribution in [0.4, 0.5) is 5.69 Å². The van der Waals surface area contributed by atoms with Gasteiger partial charge in [-0.1, -0.05) is 29.4 Å². The Morgan fingerprint density at radius 3 is 2.21 bits per heavy atom. The number of fused-ring (bicyclic) bond motifs is 1. The molecule has 14 heteroatoms. The first-order chi connectivity index (χ1) is 25.7. The molecule has 14 nitrogen and oxygen atoms in total. The maximum Gasteiger partial charge on any atom is 0.262 e. The van der Waals surface area contributed by atoms with Crippen LogP contribution in [0.2, 0.25) is 0 Å². The zero-order valence-electron chi connectivity index (χ0n) is 28.6. The van der Waals surface area contributed by atoms with Gasteiger partial charge in [-0.05, 0) is 78.9 Å². The zero-order valence-corrected chi connectivity index (χ0v) is 28.6. The second-order valence-electron chi connectivity index (χ2n) is 13.9. The second-order valence-corrected chi connectivity index (χ2v) is 13.9. The van der Waals surface area contributed by atoms with Crippen molar-refractivity contribution in [2.75, 3.05) is 5.32 Å². The summed E-state index contributed by atoms with van der Waals surface area (Å²) < 4.78 is 17.2. The SMILES string of the molecule is Cc1nc(-c2ccc(Oc3ccc(C4(c5ccc(OC6CC(Nc7ccc8c(c7)C(=O)N(C7CCC(=O)NC7=O)C8=O)C6)cc5)CC4)cc3)nn2)no1. The van der Waals surface area contributed by atoms with E-state index in [1.807, 2.05) is 24.3 Å². The zero-order chi connectivity index (χ0) is 36.3. The number of carbonyl (C=O) groups is 4. The molecule has 4 aliphatic rings. The van der Waals surface area contributed by atoms with E-state index in [2.05, 4.69) is 55.2 Å². The highest BCUT2D eigenvalue weighted by molar-refractivity contribution is 6.23. The third-order valence-corrected chi connectivity index (χ3v) is 10.4. The van der Waals surface area contributed by atoms with Gasteiger partial charge in [-0.15, -0.1) is 10.2 Å². The summed E-state index contributed by atoms with van der Waals surface area (Å²) in [5, 5.41) is 17.8. The van der Waals surface area contributed by atoms with Crippen molar-refractivity contribution in [3.8, 4) is 28.9 Å². The Bertz CT molecular complexity index is 2260. The van der Waals surface area contributed by atoms with Gasteiger partial charge in [-0.3, -0.25) is 29.4 Å². The highest BCUT2D eigenvalue weighted by atomic mass is 16.5. The van der Waals surface area contributed by atoms with E-state index in [1.54, 1.807) is 37.3 Å². The van der Waals surface area contributed by atoms with Crippen LogP contribution in [0.3, 0.4) is 0 Å². The fraction of sp³-hybridized carbons (Fsp3) is 0.282. The van der Waals surface area contributed by atoms with Crippen LogP contribution in [0.15, 0.2) is 83.4 Å². The molecule has 0 radical (unpaired) electrons. The minimum atomic E-state index is -0.987. The Kier molecular flexibility index (Phi) is 7.75. The number of amides is 4. The molecule has 2 N–H and O–H groups in total. The monoisotopic (exact) mass is 711 g/mol. The van der Waals surface area contributed by atoms with Crippen LogP contribution >= 0.6 is 0 Å². The minimum absolute atomic E-state index is 0.0342. The average Bonchev–Trinajstić information content (AvgIpc) is 3.78. The van der Waals surface area contributed by atoms with Gasteiger partial charge in [0.1, 0.15) is 29.3 Å². The molecule has 3 aromatic carbocycles. The lowest BCUT2D eigenvalue weighted by atomic mass is 9.87. The van der Waals surface area contributed by atoms with Crippen LogP contribution in [0.5, 0.6) is 17.4 Å². The number of hydrogen-bond donors (Lipinski definition) is 2. The van der Waals surface area contributed by atoms with Crippen molar-refractivity contribution in [3.63, 3.8) is 0 Å². The molecular formula is C39H33N7O7. The summed E-state index contributed by atoms with van der Waals surface area (Å²) in [5.41, 5.74) is 4.16. The van der Waals surface area contributed by atoms with E-state index >= 15 is 0 Å². The van der Waals surface area contributed by atoms with Gasteiger partial charge in [0, 0.05) is 49.4 Å². The predicted molar refractivity (Wildman–Crippen MR) is 187 cm³/mol.